The lowest BCUT2D eigenvalue weighted by atomic mass is 10.0. The Hall–Kier alpha value is -0.650. The Kier molecular flexibility index (Phi) is 4.81. The molecule has 2 rings (SSSR count). The highest BCUT2D eigenvalue weighted by Gasteiger charge is 2.37. The van der Waals surface area contributed by atoms with Gasteiger partial charge in [-0.1, -0.05) is 0 Å². The fraction of sp³-hybridized carbons (Fsp3) is 0.929. The van der Waals surface area contributed by atoms with E-state index in [2.05, 4.69) is 15.5 Å². The van der Waals surface area contributed by atoms with Crippen LogP contribution >= 0.6 is 0 Å². The number of aliphatic hydroxyl groups is 1. The van der Waals surface area contributed by atoms with E-state index in [4.69, 9.17) is 0 Å². The van der Waals surface area contributed by atoms with Crippen LogP contribution in [0.3, 0.4) is 0 Å². The lowest BCUT2D eigenvalue weighted by molar-refractivity contribution is -0.128. The molecule has 0 aromatic carbocycles. The molecule has 19 heavy (non-hydrogen) atoms. The molecule has 0 aromatic rings. The van der Waals surface area contributed by atoms with Crippen LogP contribution in [0.25, 0.3) is 0 Å². The normalized spacial score (nSPS) is 26.6. The lowest BCUT2D eigenvalue weighted by Crippen LogP contribution is -2.55. The molecule has 2 heterocycles. The van der Waals surface area contributed by atoms with Gasteiger partial charge in [0.1, 0.15) is 0 Å². The third-order valence-corrected chi connectivity index (χ3v) is 4.23. The Bertz CT molecular complexity index is 314. The second-order valence-corrected chi connectivity index (χ2v) is 6.41. The van der Waals surface area contributed by atoms with E-state index in [1.54, 1.807) is 0 Å². The van der Waals surface area contributed by atoms with Crippen molar-refractivity contribution < 1.29 is 9.90 Å². The van der Waals surface area contributed by atoms with Gasteiger partial charge in [0, 0.05) is 6.04 Å². The van der Waals surface area contributed by atoms with E-state index in [-0.39, 0.29) is 18.6 Å². The first-order valence-electron chi connectivity index (χ1n) is 7.43. The molecule has 0 radical (unpaired) electrons. The van der Waals surface area contributed by atoms with Crippen LogP contribution < -0.4 is 10.6 Å². The van der Waals surface area contributed by atoms with Crippen molar-refractivity contribution in [3.63, 3.8) is 0 Å². The quantitative estimate of drug-likeness (QED) is 0.677. The van der Waals surface area contributed by atoms with E-state index in [9.17, 15) is 9.90 Å². The summed E-state index contributed by atoms with van der Waals surface area (Å²) in [5.41, 5.74) is -0.528. The van der Waals surface area contributed by atoms with Gasteiger partial charge in [-0.05, 0) is 59.2 Å². The number of amides is 1. The third kappa shape index (κ3) is 3.68. The number of carbonyl (C=O) groups is 1. The third-order valence-electron chi connectivity index (χ3n) is 4.23. The van der Waals surface area contributed by atoms with Gasteiger partial charge < -0.3 is 15.7 Å². The maximum atomic E-state index is 12.4. The van der Waals surface area contributed by atoms with Gasteiger partial charge in [0.25, 0.3) is 0 Å². The highest BCUT2D eigenvalue weighted by molar-refractivity contribution is 5.82. The van der Waals surface area contributed by atoms with Crippen molar-refractivity contribution in [3.8, 4) is 0 Å². The summed E-state index contributed by atoms with van der Waals surface area (Å²) in [4.78, 5) is 14.8. The first-order valence-corrected chi connectivity index (χ1v) is 7.43. The van der Waals surface area contributed by atoms with E-state index in [0.29, 0.717) is 6.04 Å². The molecule has 0 spiro atoms. The summed E-state index contributed by atoms with van der Waals surface area (Å²) in [7, 11) is 0. The molecule has 2 aliphatic rings. The maximum absolute atomic E-state index is 12.4. The minimum atomic E-state index is -0.528. The van der Waals surface area contributed by atoms with E-state index in [1.165, 1.54) is 0 Å². The van der Waals surface area contributed by atoms with Crippen LogP contribution in [0.2, 0.25) is 0 Å². The highest BCUT2D eigenvalue weighted by atomic mass is 16.3. The average molecular weight is 269 g/mol. The second kappa shape index (κ2) is 6.20. The first kappa shape index (κ1) is 14.8. The maximum Gasteiger partial charge on any atom is 0.237 e. The molecule has 0 aromatic heterocycles. The fourth-order valence-electron chi connectivity index (χ4n) is 3.10. The summed E-state index contributed by atoms with van der Waals surface area (Å²) < 4.78 is 0. The zero-order chi connectivity index (χ0) is 13.9. The average Bonchev–Trinajstić information content (AvgIpc) is 2.88. The number of rotatable bonds is 4. The summed E-state index contributed by atoms with van der Waals surface area (Å²) in [6.07, 6.45) is 4.30. The predicted molar refractivity (Wildman–Crippen MR) is 74.9 cm³/mol. The van der Waals surface area contributed by atoms with Crippen LogP contribution in [0.4, 0.5) is 0 Å². The summed E-state index contributed by atoms with van der Waals surface area (Å²) in [6.45, 7) is 6.82. The molecular formula is C14H27N3O2. The van der Waals surface area contributed by atoms with Gasteiger partial charge in [-0.3, -0.25) is 9.69 Å². The van der Waals surface area contributed by atoms with Crippen LogP contribution in [0.1, 0.15) is 39.5 Å². The van der Waals surface area contributed by atoms with Crippen LogP contribution in [-0.4, -0.2) is 59.8 Å². The van der Waals surface area contributed by atoms with E-state index < -0.39 is 5.54 Å². The number of likely N-dealkylation sites (tertiary alicyclic amines) is 1. The van der Waals surface area contributed by atoms with E-state index in [1.807, 2.05) is 13.8 Å². The van der Waals surface area contributed by atoms with Crippen molar-refractivity contribution in [3.05, 3.63) is 0 Å². The molecule has 1 unspecified atom stereocenters. The van der Waals surface area contributed by atoms with Gasteiger partial charge >= 0.3 is 0 Å². The smallest absolute Gasteiger partial charge is 0.237 e. The fourth-order valence-corrected chi connectivity index (χ4v) is 3.10. The number of hydrogen-bond acceptors (Lipinski definition) is 4. The minimum absolute atomic E-state index is 0.00563. The number of carbonyl (C=O) groups excluding carboxylic acids is 1. The summed E-state index contributed by atoms with van der Waals surface area (Å²) >= 11 is 0. The van der Waals surface area contributed by atoms with Crippen molar-refractivity contribution in [1.29, 1.82) is 0 Å². The molecule has 2 aliphatic heterocycles. The molecule has 1 atom stereocenters. The minimum Gasteiger partial charge on any atom is -0.394 e. The summed E-state index contributed by atoms with van der Waals surface area (Å²) in [5, 5.41) is 15.6. The highest BCUT2D eigenvalue weighted by Crippen LogP contribution is 2.25. The Morgan fingerprint density at radius 2 is 2.05 bits per heavy atom. The Labute approximate surface area is 115 Å². The SMILES string of the molecule is CC(C)(CO)NC(=O)C1CCCN1C1CCNCC1. The first-order chi connectivity index (χ1) is 9.03. The molecule has 3 N–H and O–H groups in total. The Morgan fingerprint density at radius 1 is 1.37 bits per heavy atom. The standard InChI is InChI=1S/C14H27N3O2/c1-14(2,10-18)16-13(19)12-4-3-9-17(12)11-5-7-15-8-6-11/h11-12,15,18H,3-10H2,1-2H3,(H,16,19). The summed E-state index contributed by atoms with van der Waals surface area (Å²) in [5.74, 6) is 0.0788. The monoisotopic (exact) mass is 269 g/mol. The molecule has 5 heteroatoms. The molecule has 2 fully saturated rings. The lowest BCUT2D eigenvalue weighted by Gasteiger charge is -2.36. The largest absolute Gasteiger partial charge is 0.394 e. The number of nitrogens with zero attached hydrogens (tertiary/aromatic N) is 1. The molecule has 0 bridgehead atoms. The second-order valence-electron chi connectivity index (χ2n) is 6.41. The zero-order valence-corrected chi connectivity index (χ0v) is 12.1. The number of aliphatic hydroxyl groups excluding tert-OH is 1. The van der Waals surface area contributed by atoms with Crippen molar-refractivity contribution in [1.82, 2.24) is 15.5 Å². The molecular weight excluding hydrogens is 242 g/mol. The van der Waals surface area contributed by atoms with Crippen molar-refractivity contribution in [2.45, 2.75) is 57.2 Å². The molecule has 5 nitrogen and oxygen atoms in total. The molecule has 0 aliphatic carbocycles. The van der Waals surface area contributed by atoms with Gasteiger partial charge in [-0.2, -0.15) is 0 Å². The van der Waals surface area contributed by atoms with Gasteiger partial charge in [-0.15, -0.1) is 0 Å². The van der Waals surface area contributed by atoms with Gasteiger partial charge in [0.2, 0.25) is 5.91 Å². The predicted octanol–water partition coefficient (Wildman–Crippen LogP) is 0.0899. The van der Waals surface area contributed by atoms with Crippen molar-refractivity contribution in [2.24, 2.45) is 0 Å². The molecule has 1 amide bonds. The molecule has 2 saturated heterocycles. The molecule has 110 valence electrons. The van der Waals surface area contributed by atoms with Gasteiger partial charge in [0.15, 0.2) is 0 Å². The number of piperidine rings is 1. The van der Waals surface area contributed by atoms with Crippen molar-refractivity contribution in [2.75, 3.05) is 26.2 Å². The summed E-state index contributed by atoms with van der Waals surface area (Å²) in [6, 6.07) is 0.533. The number of nitrogens with one attached hydrogen (secondary N) is 2. The van der Waals surface area contributed by atoms with Crippen molar-refractivity contribution >= 4 is 5.91 Å². The van der Waals surface area contributed by atoms with Crippen LogP contribution in [-0.2, 0) is 4.79 Å². The zero-order valence-electron chi connectivity index (χ0n) is 12.1. The van der Waals surface area contributed by atoms with Crippen LogP contribution in [0, 0.1) is 0 Å². The van der Waals surface area contributed by atoms with Crippen LogP contribution in [0.15, 0.2) is 0 Å². The molecule has 0 saturated carbocycles. The van der Waals surface area contributed by atoms with Crippen LogP contribution in [0.5, 0.6) is 0 Å². The van der Waals surface area contributed by atoms with E-state index >= 15 is 0 Å². The Morgan fingerprint density at radius 3 is 2.68 bits per heavy atom. The Balaban J connectivity index is 1.95. The number of hydrogen-bond donors (Lipinski definition) is 3. The van der Waals surface area contributed by atoms with E-state index in [0.717, 1.165) is 45.3 Å². The van der Waals surface area contributed by atoms with Gasteiger partial charge in [-0.25, -0.2) is 0 Å². The van der Waals surface area contributed by atoms with Gasteiger partial charge in [0.05, 0.1) is 18.2 Å². The topological polar surface area (TPSA) is 64.6 Å².